The molecule has 2 aromatic carbocycles. The summed E-state index contributed by atoms with van der Waals surface area (Å²) < 4.78 is 4.93. The molecule has 0 saturated heterocycles. The number of esters is 1. The SMILES string of the molecule is C.COC(=O)[C@H](CCSC)CC(=O)c1ccc(CC[C@@H](N)CS)cc1-c1ccccc1. The van der Waals surface area contributed by atoms with Crippen LogP contribution >= 0.6 is 24.4 Å². The number of carbonyl (C=O) groups excluding carboxylic acids is 2. The fourth-order valence-electron chi connectivity index (χ4n) is 3.35. The molecule has 31 heavy (non-hydrogen) atoms. The van der Waals surface area contributed by atoms with Gasteiger partial charge in [0.25, 0.3) is 0 Å². The van der Waals surface area contributed by atoms with E-state index in [2.05, 4.69) is 18.7 Å². The molecule has 0 saturated carbocycles. The van der Waals surface area contributed by atoms with E-state index in [9.17, 15) is 9.59 Å². The molecule has 0 heterocycles. The van der Waals surface area contributed by atoms with Crippen molar-refractivity contribution in [3.05, 3.63) is 59.7 Å². The monoisotopic (exact) mass is 461 g/mol. The van der Waals surface area contributed by atoms with Crippen molar-refractivity contribution in [2.24, 2.45) is 11.7 Å². The zero-order chi connectivity index (χ0) is 21.9. The van der Waals surface area contributed by atoms with Crippen LogP contribution in [-0.4, -0.2) is 42.7 Å². The van der Waals surface area contributed by atoms with Crippen LogP contribution in [0.2, 0.25) is 0 Å². The third kappa shape index (κ3) is 8.36. The summed E-state index contributed by atoms with van der Waals surface area (Å²) >= 11 is 5.91. The van der Waals surface area contributed by atoms with Gasteiger partial charge in [-0.1, -0.05) is 56.0 Å². The number of carbonyl (C=O) groups is 2. The highest BCUT2D eigenvalue weighted by molar-refractivity contribution is 7.98. The summed E-state index contributed by atoms with van der Waals surface area (Å²) in [6.07, 6.45) is 4.43. The lowest BCUT2D eigenvalue weighted by Gasteiger charge is -2.16. The highest BCUT2D eigenvalue weighted by atomic mass is 32.2. The molecule has 0 aromatic heterocycles. The molecular weight excluding hydrogens is 426 g/mol. The Morgan fingerprint density at radius 3 is 2.45 bits per heavy atom. The molecule has 0 aliphatic heterocycles. The fourth-order valence-corrected chi connectivity index (χ4v) is 4.06. The molecule has 0 aliphatic carbocycles. The van der Waals surface area contributed by atoms with E-state index >= 15 is 0 Å². The maximum Gasteiger partial charge on any atom is 0.309 e. The number of aryl methyl sites for hydroxylation is 1. The van der Waals surface area contributed by atoms with Crippen molar-refractivity contribution in [2.45, 2.75) is 39.2 Å². The molecule has 2 rings (SSSR count). The Balaban J connectivity index is 0.00000480. The summed E-state index contributed by atoms with van der Waals surface area (Å²) in [5.74, 6) is 0.669. The van der Waals surface area contributed by atoms with Crippen LogP contribution in [0.15, 0.2) is 48.5 Å². The number of ether oxygens (including phenoxy) is 1. The van der Waals surface area contributed by atoms with Gasteiger partial charge in [0.1, 0.15) is 0 Å². The highest BCUT2D eigenvalue weighted by Gasteiger charge is 2.24. The summed E-state index contributed by atoms with van der Waals surface area (Å²) in [6, 6.07) is 15.9. The van der Waals surface area contributed by atoms with Gasteiger partial charge in [0, 0.05) is 23.8 Å². The second-order valence-electron chi connectivity index (χ2n) is 7.36. The second kappa shape index (κ2) is 14.3. The number of ketones is 1. The molecular formula is C25H35NO3S2. The largest absolute Gasteiger partial charge is 0.469 e. The Morgan fingerprint density at radius 1 is 1.13 bits per heavy atom. The summed E-state index contributed by atoms with van der Waals surface area (Å²) in [4.78, 5) is 25.4. The third-order valence-corrected chi connectivity index (χ3v) is 6.26. The summed E-state index contributed by atoms with van der Waals surface area (Å²) in [6.45, 7) is 0. The minimum atomic E-state index is -0.424. The highest BCUT2D eigenvalue weighted by Crippen LogP contribution is 2.28. The second-order valence-corrected chi connectivity index (χ2v) is 8.71. The average molecular weight is 462 g/mol. The number of hydrogen-bond acceptors (Lipinski definition) is 6. The van der Waals surface area contributed by atoms with Crippen molar-refractivity contribution in [1.82, 2.24) is 0 Å². The maximum atomic E-state index is 13.2. The first-order valence-electron chi connectivity index (χ1n) is 10.1. The maximum absolute atomic E-state index is 13.2. The van der Waals surface area contributed by atoms with E-state index in [1.807, 2.05) is 48.7 Å². The number of nitrogens with two attached hydrogens (primary N) is 1. The van der Waals surface area contributed by atoms with Gasteiger partial charge >= 0.3 is 5.97 Å². The number of benzene rings is 2. The lowest BCUT2D eigenvalue weighted by molar-refractivity contribution is -0.145. The van der Waals surface area contributed by atoms with Crippen molar-refractivity contribution < 1.29 is 14.3 Å². The molecule has 2 aromatic rings. The Morgan fingerprint density at radius 2 is 1.84 bits per heavy atom. The molecule has 0 amide bonds. The van der Waals surface area contributed by atoms with Gasteiger partial charge in [-0.05, 0) is 48.0 Å². The smallest absolute Gasteiger partial charge is 0.309 e. The minimum Gasteiger partial charge on any atom is -0.469 e. The van der Waals surface area contributed by atoms with Crippen molar-refractivity contribution in [2.75, 3.05) is 24.9 Å². The van der Waals surface area contributed by atoms with E-state index in [0.29, 0.717) is 17.7 Å². The zero-order valence-electron chi connectivity index (χ0n) is 17.7. The quantitative estimate of drug-likeness (QED) is 0.255. The van der Waals surface area contributed by atoms with Gasteiger partial charge in [0.05, 0.1) is 13.0 Å². The summed E-state index contributed by atoms with van der Waals surface area (Å²) in [5.41, 5.74) is 9.66. The number of Topliss-reactive ketones (excluding diaryl/α,β-unsaturated/α-hetero) is 1. The molecule has 4 nitrogen and oxygen atoms in total. The van der Waals surface area contributed by atoms with E-state index in [1.165, 1.54) is 7.11 Å². The van der Waals surface area contributed by atoms with E-state index in [0.717, 1.165) is 35.3 Å². The van der Waals surface area contributed by atoms with Crippen LogP contribution < -0.4 is 5.73 Å². The van der Waals surface area contributed by atoms with Gasteiger partial charge in [0.2, 0.25) is 0 Å². The Hall–Kier alpha value is -1.76. The first kappa shape index (κ1) is 27.3. The predicted molar refractivity (Wildman–Crippen MR) is 136 cm³/mol. The number of thiol groups is 1. The standard InChI is InChI=1S/C24H31NO3S2.CH4/c1-28-24(27)19(12-13-30-2)15-23(26)21-11-9-17(8-10-20(25)16-29)14-22(21)18-6-4-3-5-7-18;/h3-7,9,11,14,19-20,29H,8,10,12-13,15-16,25H2,1-2H3;1H4/t19-,20-;/m1./s1. The van der Waals surface area contributed by atoms with Crippen LogP contribution in [0, 0.1) is 5.92 Å². The number of rotatable bonds is 12. The van der Waals surface area contributed by atoms with Crippen LogP contribution in [0.4, 0.5) is 0 Å². The van der Waals surface area contributed by atoms with Gasteiger partial charge in [-0.3, -0.25) is 9.59 Å². The molecule has 0 radical (unpaired) electrons. The van der Waals surface area contributed by atoms with Gasteiger partial charge in [-0.15, -0.1) is 0 Å². The van der Waals surface area contributed by atoms with Crippen molar-refractivity contribution in [3.8, 4) is 11.1 Å². The van der Waals surface area contributed by atoms with E-state index in [1.54, 1.807) is 11.8 Å². The van der Waals surface area contributed by atoms with Crippen molar-refractivity contribution in [3.63, 3.8) is 0 Å². The average Bonchev–Trinajstić information content (AvgIpc) is 2.79. The predicted octanol–water partition coefficient (Wildman–Crippen LogP) is 5.29. The fraction of sp³-hybridized carbons (Fsp3) is 0.440. The molecule has 0 unspecified atom stereocenters. The molecule has 2 atom stereocenters. The molecule has 0 fully saturated rings. The van der Waals surface area contributed by atoms with E-state index < -0.39 is 5.92 Å². The third-order valence-electron chi connectivity index (χ3n) is 5.14. The first-order chi connectivity index (χ1) is 14.5. The van der Waals surface area contributed by atoms with Crippen molar-refractivity contribution >= 4 is 36.1 Å². The van der Waals surface area contributed by atoms with E-state index in [-0.39, 0.29) is 31.6 Å². The first-order valence-corrected chi connectivity index (χ1v) is 12.2. The number of methoxy groups -OCH3 is 1. The van der Waals surface area contributed by atoms with E-state index in [4.69, 9.17) is 10.5 Å². The molecule has 2 N–H and O–H groups in total. The van der Waals surface area contributed by atoms with Gasteiger partial charge < -0.3 is 10.5 Å². The summed E-state index contributed by atoms with van der Waals surface area (Å²) in [7, 11) is 1.37. The lowest BCUT2D eigenvalue weighted by Crippen LogP contribution is -2.22. The zero-order valence-corrected chi connectivity index (χ0v) is 19.4. The van der Waals surface area contributed by atoms with Gasteiger partial charge in [-0.2, -0.15) is 24.4 Å². The lowest BCUT2D eigenvalue weighted by atomic mass is 9.89. The Labute approximate surface area is 196 Å². The number of thioether (sulfide) groups is 1. The molecule has 0 spiro atoms. The van der Waals surface area contributed by atoms with Crippen LogP contribution in [-0.2, 0) is 16.0 Å². The van der Waals surface area contributed by atoms with Crippen molar-refractivity contribution in [1.29, 1.82) is 0 Å². The topological polar surface area (TPSA) is 69.4 Å². The Kier molecular flexibility index (Phi) is 12.6. The normalized spacial score (nSPS) is 12.5. The minimum absolute atomic E-state index is 0. The van der Waals surface area contributed by atoms with Gasteiger partial charge in [0.15, 0.2) is 5.78 Å². The van der Waals surface area contributed by atoms with Crippen LogP contribution in [0.3, 0.4) is 0 Å². The summed E-state index contributed by atoms with van der Waals surface area (Å²) in [5, 5.41) is 0. The molecule has 0 aliphatic rings. The molecule has 6 heteroatoms. The Bertz CT molecular complexity index is 827. The van der Waals surface area contributed by atoms with Crippen LogP contribution in [0.5, 0.6) is 0 Å². The van der Waals surface area contributed by atoms with Gasteiger partial charge in [-0.25, -0.2) is 0 Å². The molecule has 0 bridgehead atoms. The van der Waals surface area contributed by atoms with Crippen LogP contribution in [0.25, 0.3) is 11.1 Å². The number of hydrogen-bond donors (Lipinski definition) is 2. The molecule has 170 valence electrons. The van der Waals surface area contributed by atoms with Crippen LogP contribution in [0.1, 0.15) is 42.6 Å².